The zero-order valence-corrected chi connectivity index (χ0v) is 43.3. The van der Waals surface area contributed by atoms with Crippen molar-refractivity contribution >= 4 is 76.1 Å². The Morgan fingerprint density at radius 2 is 0.713 bits per heavy atom. The second-order valence-corrected chi connectivity index (χ2v) is 20.7. The molecule has 0 atom stereocenters. The minimum atomic E-state index is 0.554. The van der Waals surface area contributed by atoms with Gasteiger partial charge in [0.05, 0.1) is 16.7 Å². The summed E-state index contributed by atoms with van der Waals surface area (Å²) >= 11 is 0. The van der Waals surface area contributed by atoms with Crippen molar-refractivity contribution in [3.05, 3.63) is 279 Å². The van der Waals surface area contributed by atoms with Crippen molar-refractivity contribution in [1.29, 1.82) is 0 Å². The van der Waals surface area contributed by atoms with Crippen LogP contribution in [0.1, 0.15) is 0 Å². The number of rotatable bonds is 8. The highest BCUT2D eigenvalue weighted by atomic mass is 16.3. The largest absolute Gasteiger partial charge is 0.456 e. The van der Waals surface area contributed by atoms with E-state index in [-0.39, 0.29) is 0 Å². The summed E-state index contributed by atoms with van der Waals surface area (Å²) in [4.78, 5) is 16.1. The molecule has 3 heterocycles. The molecule has 0 saturated carbocycles. The van der Waals surface area contributed by atoms with E-state index < -0.39 is 0 Å². The van der Waals surface area contributed by atoms with E-state index in [4.69, 9.17) is 19.4 Å². The molecule has 0 amide bonds. The third kappa shape index (κ3) is 7.59. The fourth-order valence-corrected chi connectivity index (χ4v) is 12.2. The zero-order valence-electron chi connectivity index (χ0n) is 43.3. The van der Waals surface area contributed by atoms with Gasteiger partial charge in [-0.3, -0.25) is 0 Å². The quantitative estimate of drug-likeness (QED) is 0.152. The Labute approximate surface area is 461 Å². The molecule has 0 bridgehead atoms. The van der Waals surface area contributed by atoms with Gasteiger partial charge in [-0.1, -0.05) is 218 Å². The lowest BCUT2D eigenvalue weighted by Gasteiger charge is -2.18. The maximum Gasteiger partial charge on any atom is 0.164 e. The van der Waals surface area contributed by atoms with Crippen LogP contribution in [0.4, 0.5) is 0 Å². The molecule has 0 N–H and O–H groups in total. The van der Waals surface area contributed by atoms with E-state index in [1.165, 1.54) is 48.8 Å². The molecule has 0 unspecified atom stereocenters. The van der Waals surface area contributed by atoms with Crippen molar-refractivity contribution in [2.24, 2.45) is 0 Å². The predicted octanol–water partition coefficient (Wildman–Crippen LogP) is 20.0. The van der Waals surface area contributed by atoms with Gasteiger partial charge in [0.2, 0.25) is 0 Å². The van der Waals surface area contributed by atoms with Gasteiger partial charge in [0, 0.05) is 49.9 Å². The molecule has 0 aliphatic rings. The van der Waals surface area contributed by atoms with Gasteiger partial charge < -0.3 is 8.98 Å². The van der Waals surface area contributed by atoms with E-state index >= 15 is 0 Å². The van der Waals surface area contributed by atoms with Gasteiger partial charge in [-0.2, -0.15) is 0 Å². The highest BCUT2D eigenvalue weighted by Crippen LogP contribution is 2.47. The van der Waals surface area contributed by atoms with Gasteiger partial charge in [-0.05, 0) is 126 Å². The van der Waals surface area contributed by atoms with E-state index in [2.05, 4.69) is 265 Å². The van der Waals surface area contributed by atoms with Crippen molar-refractivity contribution in [2.45, 2.75) is 0 Å². The van der Waals surface area contributed by atoms with Crippen molar-refractivity contribution in [3.63, 3.8) is 0 Å². The van der Waals surface area contributed by atoms with Crippen molar-refractivity contribution < 1.29 is 4.42 Å². The van der Waals surface area contributed by atoms with Crippen LogP contribution in [0, 0.1) is 0 Å². The lowest BCUT2D eigenvalue weighted by atomic mass is 9.90. The Morgan fingerprint density at radius 1 is 0.250 bits per heavy atom. The van der Waals surface area contributed by atoms with Gasteiger partial charge in [-0.25, -0.2) is 15.0 Å². The third-order valence-electron chi connectivity index (χ3n) is 16.0. The van der Waals surface area contributed by atoms with Crippen LogP contribution in [0.5, 0.6) is 0 Å². The van der Waals surface area contributed by atoms with E-state index in [1.807, 2.05) is 18.2 Å². The molecule has 16 rings (SSSR count). The number of furan rings is 1. The summed E-state index contributed by atoms with van der Waals surface area (Å²) in [7, 11) is 0. The number of fused-ring (bicyclic) bond motifs is 9. The first-order valence-corrected chi connectivity index (χ1v) is 27.1. The number of aromatic nitrogens is 4. The van der Waals surface area contributed by atoms with Gasteiger partial charge in [0.1, 0.15) is 11.2 Å². The van der Waals surface area contributed by atoms with Gasteiger partial charge in [0.15, 0.2) is 17.5 Å². The van der Waals surface area contributed by atoms with Crippen molar-refractivity contribution in [2.75, 3.05) is 0 Å². The molecule has 0 aliphatic heterocycles. The average molecular weight is 1020 g/mol. The molecule has 0 saturated heterocycles. The molecule has 372 valence electrons. The fraction of sp³-hybridized carbons (Fsp3) is 0. The summed E-state index contributed by atoms with van der Waals surface area (Å²) in [5, 5.41) is 11.4. The molecule has 0 spiro atoms. The van der Waals surface area contributed by atoms with E-state index in [0.29, 0.717) is 17.5 Å². The van der Waals surface area contributed by atoms with Crippen LogP contribution in [-0.2, 0) is 0 Å². The first-order chi connectivity index (χ1) is 39.6. The highest BCUT2D eigenvalue weighted by Gasteiger charge is 2.25. The topological polar surface area (TPSA) is 56.7 Å². The monoisotopic (exact) mass is 1020 g/mol. The minimum absolute atomic E-state index is 0.554. The maximum absolute atomic E-state index is 7.15. The second kappa shape index (κ2) is 18.5. The van der Waals surface area contributed by atoms with Gasteiger partial charge in [0.25, 0.3) is 0 Å². The summed E-state index contributed by atoms with van der Waals surface area (Å²) < 4.78 is 9.62. The smallest absolute Gasteiger partial charge is 0.164 e. The SMILES string of the molecule is c1ccc(-c2cc(-c3ccccc3)cc(-c3nc(-c4ccccc4)nc(-c4cccc5oc6cc(-n7c8cc9ccccc9cc8c8cc9ccccc9cc87)c(-c7ccc(-c8ccccc8)c8ccccc78)cc6c45)n3)c2)cc1. The van der Waals surface area contributed by atoms with Gasteiger partial charge in [-0.15, -0.1) is 0 Å². The maximum atomic E-state index is 7.15. The van der Waals surface area contributed by atoms with E-state index in [9.17, 15) is 0 Å². The lowest BCUT2D eigenvalue weighted by Crippen LogP contribution is -2.01. The summed E-state index contributed by atoms with van der Waals surface area (Å²) in [5.74, 6) is 1.71. The molecule has 5 nitrogen and oxygen atoms in total. The molecule has 13 aromatic carbocycles. The molecule has 80 heavy (non-hydrogen) atoms. The lowest BCUT2D eigenvalue weighted by molar-refractivity contribution is 0.668. The number of hydrogen-bond acceptors (Lipinski definition) is 4. The Balaban J connectivity index is 0.988. The van der Waals surface area contributed by atoms with Crippen molar-refractivity contribution in [1.82, 2.24) is 19.5 Å². The normalized spacial score (nSPS) is 11.8. The molecule has 3 aromatic heterocycles. The molecule has 0 fully saturated rings. The minimum Gasteiger partial charge on any atom is -0.456 e. The van der Waals surface area contributed by atoms with Crippen LogP contribution in [-0.4, -0.2) is 19.5 Å². The van der Waals surface area contributed by atoms with Crippen LogP contribution in [0.15, 0.2) is 283 Å². The Hall–Kier alpha value is -10.8. The standard InChI is InChI=1S/C75H46N4O/c1-5-20-47(21-6-1)55-38-56(48-22-7-2-8-23-48)40-57(39-55)74-76-73(50-26-11-4-12-27-50)77-75(78-74)62-34-19-35-70-72(62)66-45-65(61-37-36-58(49-24-9-3-10-25-49)59-32-17-18-33-60(59)61)69(46-71(66)80-70)79-67-43-53-30-15-13-28-51(53)41-63(67)64-42-52-29-14-16-31-54(52)44-68(64)79/h1-46H. The predicted molar refractivity (Wildman–Crippen MR) is 332 cm³/mol. The molecular weight excluding hydrogens is 973 g/mol. The summed E-state index contributed by atoms with van der Waals surface area (Å²) in [6, 6.07) is 99.7. The van der Waals surface area contributed by atoms with Crippen LogP contribution < -0.4 is 0 Å². The van der Waals surface area contributed by atoms with E-state index in [0.717, 1.165) is 94.1 Å². The molecule has 5 heteroatoms. The van der Waals surface area contributed by atoms with Crippen LogP contribution in [0.2, 0.25) is 0 Å². The average Bonchev–Trinajstić information content (AvgIpc) is 4.20. The van der Waals surface area contributed by atoms with Crippen LogP contribution in [0.25, 0.3) is 160 Å². The Morgan fingerprint density at radius 3 is 1.30 bits per heavy atom. The summed E-state index contributed by atoms with van der Waals surface area (Å²) in [5.41, 5.74) is 16.3. The van der Waals surface area contributed by atoms with Crippen LogP contribution >= 0.6 is 0 Å². The first kappa shape index (κ1) is 45.4. The summed E-state index contributed by atoms with van der Waals surface area (Å²) in [6.45, 7) is 0. The molecular formula is C75H46N4O. The fourth-order valence-electron chi connectivity index (χ4n) is 12.2. The first-order valence-electron chi connectivity index (χ1n) is 27.1. The number of benzene rings is 13. The summed E-state index contributed by atoms with van der Waals surface area (Å²) in [6.07, 6.45) is 0. The highest BCUT2D eigenvalue weighted by molar-refractivity contribution is 6.19. The number of nitrogens with zero attached hydrogens (tertiary/aromatic N) is 4. The van der Waals surface area contributed by atoms with Gasteiger partial charge >= 0.3 is 0 Å². The van der Waals surface area contributed by atoms with Crippen LogP contribution in [0.3, 0.4) is 0 Å². The molecule has 0 radical (unpaired) electrons. The van der Waals surface area contributed by atoms with E-state index in [1.54, 1.807) is 0 Å². The number of hydrogen-bond donors (Lipinski definition) is 0. The Bertz CT molecular complexity index is 4950. The zero-order chi connectivity index (χ0) is 52.7. The molecule has 0 aliphatic carbocycles. The second-order valence-electron chi connectivity index (χ2n) is 20.7. The van der Waals surface area contributed by atoms with Crippen molar-refractivity contribution in [3.8, 4) is 84.4 Å². The Kier molecular flexibility index (Phi) is 10.5. The molecule has 16 aromatic rings. The third-order valence-corrected chi connectivity index (χ3v) is 16.0.